The van der Waals surface area contributed by atoms with Crippen LogP contribution in [0.25, 0.3) is 11.5 Å². The minimum Gasteiger partial charge on any atom is -0.463 e. The quantitative estimate of drug-likeness (QED) is 0.474. The summed E-state index contributed by atoms with van der Waals surface area (Å²) in [6.45, 7) is 0. The maximum absolute atomic E-state index is 11.3. The first-order valence-corrected chi connectivity index (χ1v) is 8.33. The third kappa shape index (κ3) is 3.83. The number of carbonyl (C=O) groups excluding carboxylic acids is 1. The van der Waals surface area contributed by atoms with E-state index < -0.39 is 5.97 Å². The predicted octanol–water partition coefficient (Wildman–Crippen LogP) is 4.17. The monoisotopic (exact) mass is 394 g/mol. The summed E-state index contributed by atoms with van der Waals surface area (Å²) in [4.78, 5) is 11.3. The molecular formula is C15H11BrN2O4S. The number of halogens is 1. The number of carbonyl (C=O) groups is 1. The van der Waals surface area contributed by atoms with Crippen molar-refractivity contribution in [2.24, 2.45) is 0 Å². The molecule has 0 aliphatic carbocycles. The van der Waals surface area contributed by atoms with Crippen molar-refractivity contribution in [2.75, 3.05) is 7.11 Å². The minimum absolute atomic E-state index is 0.170. The number of hydrogen-bond acceptors (Lipinski definition) is 7. The van der Waals surface area contributed by atoms with E-state index in [4.69, 9.17) is 8.83 Å². The Balaban J connectivity index is 1.65. The summed E-state index contributed by atoms with van der Waals surface area (Å²) in [6.07, 6.45) is 0. The first-order chi connectivity index (χ1) is 11.2. The van der Waals surface area contributed by atoms with Crippen LogP contribution in [-0.4, -0.2) is 23.3 Å². The molecule has 0 saturated carbocycles. The van der Waals surface area contributed by atoms with Gasteiger partial charge in [-0.15, -0.1) is 10.2 Å². The summed E-state index contributed by atoms with van der Waals surface area (Å²) in [5.41, 5.74) is 0.838. The SMILES string of the molecule is COC(=O)c1ccc(CSc2nnc(-c3cccc(Br)c3)o2)o1. The van der Waals surface area contributed by atoms with Crippen LogP contribution in [0.5, 0.6) is 0 Å². The Hall–Kier alpha value is -2.06. The van der Waals surface area contributed by atoms with E-state index in [0.717, 1.165) is 10.0 Å². The average molecular weight is 395 g/mol. The lowest BCUT2D eigenvalue weighted by Gasteiger charge is -1.96. The smallest absolute Gasteiger partial charge is 0.373 e. The van der Waals surface area contributed by atoms with Gasteiger partial charge >= 0.3 is 5.97 Å². The lowest BCUT2D eigenvalue weighted by molar-refractivity contribution is 0.0563. The molecule has 6 nitrogen and oxygen atoms in total. The van der Waals surface area contributed by atoms with E-state index in [1.54, 1.807) is 12.1 Å². The molecule has 0 unspecified atom stereocenters. The molecule has 0 N–H and O–H groups in total. The predicted molar refractivity (Wildman–Crippen MR) is 87.0 cm³/mol. The summed E-state index contributed by atoms with van der Waals surface area (Å²) >= 11 is 4.73. The van der Waals surface area contributed by atoms with Gasteiger partial charge in [0.1, 0.15) is 5.76 Å². The largest absolute Gasteiger partial charge is 0.463 e. The molecular weight excluding hydrogens is 384 g/mol. The highest BCUT2D eigenvalue weighted by molar-refractivity contribution is 9.10. The maximum Gasteiger partial charge on any atom is 0.373 e. The summed E-state index contributed by atoms with van der Waals surface area (Å²) in [6, 6.07) is 10.9. The molecule has 0 aliphatic rings. The van der Waals surface area contributed by atoms with Gasteiger partial charge in [0.2, 0.25) is 11.7 Å². The molecule has 0 atom stereocenters. The van der Waals surface area contributed by atoms with Gasteiger partial charge in [0.25, 0.3) is 5.22 Å². The van der Waals surface area contributed by atoms with Gasteiger partial charge in [-0.2, -0.15) is 0 Å². The number of benzene rings is 1. The van der Waals surface area contributed by atoms with Crippen molar-refractivity contribution < 1.29 is 18.4 Å². The molecule has 23 heavy (non-hydrogen) atoms. The number of nitrogens with zero attached hydrogens (tertiary/aromatic N) is 2. The highest BCUT2D eigenvalue weighted by Gasteiger charge is 2.13. The number of methoxy groups -OCH3 is 1. The van der Waals surface area contributed by atoms with Crippen LogP contribution in [0.15, 0.2) is 54.9 Å². The number of aromatic nitrogens is 2. The fourth-order valence-corrected chi connectivity index (χ4v) is 2.86. The molecule has 2 aromatic heterocycles. The second-order valence-electron chi connectivity index (χ2n) is 4.43. The van der Waals surface area contributed by atoms with Gasteiger partial charge < -0.3 is 13.6 Å². The van der Waals surface area contributed by atoms with Crippen LogP contribution in [0.3, 0.4) is 0 Å². The van der Waals surface area contributed by atoms with Crippen molar-refractivity contribution in [3.63, 3.8) is 0 Å². The van der Waals surface area contributed by atoms with Crippen molar-refractivity contribution >= 4 is 33.7 Å². The highest BCUT2D eigenvalue weighted by Crippen LogP contribution is 2.27. The van der Waals surface area contributed by atoms with Gasteiger partial charge in [0.15, 0.2) is 0 Å². The number of hydrogen-bond donors (Lipinski definition) is 0. The fourth-order valence-electron chi connectivity index (χ4n) is 1.80. The zero-order valence-corrected chi connectivity index (χ0v) is 14.4. The fraction of sp³-hybridized carbons (Fsp3) is 0.133. The first-order valence-electron chi connectivity index (χ1n) is 6.55. The second-order valence-corrected chi connectivity index (χ2v) is 6.27. The number of ether oxygens (including phenoxy) is 1. The lowest BCUT2D eigenvalue weighted by Crippen LogP contribution is -1.98. The molecule has 0 radical (unpaired) electrons. The van der Waals surface area contributed by atoms with Crippen molar-refractivity contribution in [1.29, 1.82) is 0 Å². The Kier molecular flexibility index (Phi) is 4.82. The van der Waals surface area contributed by atoms with E-state index in [1.165, 1.54) is 18.9 Å². The summed E-state index contributed by atoms with van der Waals surface area (Å²) in [5, 5.41) is 8.44. The van der Waals surface area contributed by atoms with Crippen LogP contribution in [0, 0.1) is 0 Å². The Bertz CT molecular complexity index is 830. The molecule has 1 aromatic carbocycles. The molecule has 0 aliphatic heterocycles. The van der Waals surface area contributed by atoms with E-state index in [9.17, 15) is 4.79 Å². The third-order valence-electron chi connectivity index (χ3n) is 2.86. The van der Waals surface area contributed by atoms with Gasteiger partial charge in [-0.1, -0.05) is 33.8 Å². The molecule has 118 valence electrons. The topological polar surface area (TPSA) is 78.4 Å². The van der Waals surface area contributed by atoms with E-state index in [0.29, 0.717) is 22.6 Å². The van der Waals surface area contributed by atoms with Crippen molar-refractivity contribution in [2.45, 2.75) is 11.0 Å². The maximum atomic E-state index is 11.3. The third-order valence-corrected chi connectivity index (χ3v) is 4.20. The van der Waals surface area contributed by atoms with Crippen molar-refractivity contribution in [1.82, 2.24) is 10.2 Å². The zero-order valence-electron chi connectivity index (χ0n) is 12.0. The molecule has 0 saturated heterocycles. The van der Waals surface area contributed by atoms with Crippen LogP contribution in [0.1, 0.15) is 16.3 Å². The van der Waals surface area contributed by atoms with Crippen LogP contribution < -0.4 is 0 Å². The van der Waals surface area contributed by atoms with E-state index in [2.05, 4.69) is 30.9 Å². The molecule has 0 bridgehead atoms. The standard InChI is InChI=1S/C15H11BrN2O4S/c1-20-14(19)12-6-5-11(21-12)8-23-15-18-17-13(22-15)9-3-2-4-10(16)7-9/h2-7H,8H2,1H3. The molecule has 0 spiro atoms. The number of furan rings is 1. The minimum atomic E-state index is -0.504. The summed E-state index contributed by atoms with van der Waals surface area (Å²) < 4.78 is 16.5. The lowest BCUT2D eigenvalue weighted by atomic mass is 10.2. The molecule has 3 rings (SSSR count). The van der Waals surface area contributed by atoms with Crippen molar-refractivity contribution in [3.8, 4) is 11.5 Å². The van der Waals surface area contributed by atoms with Gasteiger partial charge in [-0.3, -0.25) is 0 Å². The molecule has 3 aromatic rings. The average Bonchev–Trinajstić information content (AvgIpc) is 3.21. The van der Waals surface area contributed by atoms with Crippen LogP contribution in [-0.2, 0) is 10.5 Å². The summed E-state index contributed by atoms with van der Waals surface area (Å²) in [5.74, 6) is 1.21. The second kappa shape index (κ2) is 7.01. The first kappa shape index (κ1) is 15.8. The van der Waals surface area contributed by atoms with Crippen LogP contribution >= 0.6 is 27.7 Å². The summed E-state index contributed by atoms with van der Waals surface area (Å²) in [7, 11) is 1.31. The van der Waals surface area contributed by atoms with E-state index >= 15 is 0 Å². The van der Waals surface area contributed by atoms with Crippen molar-refractivity contribution in [3.05, 3.63) is 52.4 Å². The van der Waals surface area contributed by atoms with Gasteiger partial charge in [-0.25, -0.2) is 4.79 Å². The van der Waals surface area contributed by atoms with Crippen LogP contribution in [0.2, 0.25) is 0 Å². The Labute approximate surface area is 144 Å². The van der Waals surface area contributed by atoms with Crippen LogP contribution in [0.4, 0.5) is 0 Å². The highest BCUT2D eigenvalue weighted by atomic mass is 79.9. The normalized spacial score (nSPS) is 10.7. The Morgan fingerprint density at radius 1 is 1.26 bits per heavy atom. The molecule has 8 heteroatoms. The van der Waals surface area contributed by atoms with Gasteiger partial charge in [-0.05, 0) is 30.3 Å². The Morgan fingerprint density at radius 3 is 2.91 bits per heavy atom. The van der Waals surface area contributed by atoms with E-state index in [-0.39, 0.29) is 5.76 Å². The molecule has 2 heterocycles. The Morgan fingerprint density at radius 2 is 2.13 bits per heavy atom. The zero-order chi connectivity index (χ0) is 16.2. The van der Waals surface area contributed by atoms with Gasteiger partial charge in [0.05, 0.1) is 12.9 Å². The number of thioether (sulfide) groups is 1. The molecule has 0 fully saturated rings. The number of rotatable bonds is 5. The van der Waals surface area contributed by atoms with Gasteiger partial charge in [0, 0.05) is 10.0 Å². The number of esters is 1. The molecule has 0 amide bonds. The van der Waals surface area contributed by atoms with E-state index in [1.807, 2.05) is 24.3 Å².